The molecule has 1 nitrogen and oxygen atoms in total. The van der Waals surface area contributed by atoms with Crippen molar-refractivity contribution >= 4 is 33.3 Å². The van der Waals surface area contributed by atoms with Crippen molar-refractivity contribution in [2.24, 2.45) is 0 Å². The van der Waals surface area contributed by atoms with E-state index >= 15 is 0 Å². The first-order chi connectivity index (χ1) is 9.75. The van der Waals surface area contributed by atoms with Crippen molar-refractivity contribution in [3.63, 3.8) is 0 Å². The van der Waals surface area contributed by atoms with Crippen molar-refractivity contribution in [1.29, 1.82) is 0 Å². The zero-order valence-corrected chi connectivity index (χ0v) is 15.2. The summed E-state index contributed by atoms with van der Waals surface area (Å²) in [4.78, 5) is 12.9. The van der Waals surface area contributed by atoms with E-state index in [9.17, 15) is 4.79 Å². The maximum absolute atomic E-state index is 12.9. The molecular formula is C18H18BrClO. The molecule has 0 bridgehead atoms. The highest BCUT2D eigenvalue weighted by Crippen LogP contribution is 2.30. The van der Waals surface area contributed by atoms with Crippen molar-refractivity contribution in [2.45, 2.75) is 34.6 Å². The monoisotopic (exact) mass is 364 g/mol. The van der Waals surface area contributed by atoms with Crippen molar-refractivity contribution in [3.05, 3.63) is 66.6 Å². The summed E-state index contributed by atoms with van der Waals surface area (Å²) in [7, 11) is 0. The van der Waals surface area contributed by atoms with Crippen molar-refractivity contribution in [3.8, 4) is 0 Å². The van der Waals surface area contributed by atoms with E-state index in [1.54, 1.807) is 12.1 Å². The van der Waals surface area contributed by atoms with E-state index in [1.807, 2.05) is 19.9 Å². The van der Waals surface area contributed by atoms with E-state index in [4.69, 9.17) is 11.6 Å². The second kappa shape index (κ2) is 5.94. The molecular weight excluding hydrogens is 348 g/mol. The summed E-state index contributed by atoms with van der Waals surface area (Å²) < 4.78 is 0.869. The number of carbonyl (C=O) groups excluding carboxylic acids is 1. The summed E-state index contributed by atoms with van der Waals surface area (Å²) in [6.07, 6.45) is 0. The van der Waals surface area contributed by atoms with E-state index in [0.717, 1.165) is 21.2 Å². The Kier molecular flexibility index (Phi) is 4.60. The van der Waals surface area contributed by atoms with Crippen LogP contribution in [0, 0.1) is 34.6 Å². The first-order valence-electron chi connectivity index (χ1n) is 6.82. The Hall–Kier alpha value is -1.12. The number of ketones is 1. The van der Waals surface area contributed by atoms with Crippen LogP contribution in [0.2, 0.25) is 5.02 Å². The minimum absolute atomic E-state index is 0.00583. The number of carbonyl (C=O) groups is 1. The van der Waals surface area contributed by atoms with Gasteiger partial charge in [-0.2, -0.15) is 0 Å². The molecule has 0 N–H and O–H groups in total. The van der Waals surface area contributed by atoms with E-state index in [0.29, 0.717) is 10.6 Å². The lowest BCUT2D eigenvalue weighted by Gasteiger charge is -2.18. The lowest BCUT2D eigenvalue weighted by molar-refractivity contribution is 0.103. The third-order valence-electron chi connectivity index (χ3n) is 4.40. The molecule has 3 heteroatoms. The predicted octanol–water partition coefficient (Wildman–Crippen LogP) is 5.88. The fourth-order valence-corrected chi connectivity index (χ4v) is 3.41. The van der Waals surface area contributed by atoms with E-state index in [-0.39, 0.29) is 5.78 Å². The molecule has 0 aliphatic heterocycles. The van der Waals surface area contributed by atoms with Gasteiger partial charge >= 0.3 is 0 Å². The molecule has 2 aromatic carbocycles. The van der Waals surface area contributed by atoms with E-state index < -0.39 is 0 Å². The van der Waals surface area contributed by atoms with Crippen LogP contribution in [0.15, 0.2) is 22.7 Å². The lowest BCUT2D eigenvalue weighted by atomic mass is 9.86. The summed E-state index contributed by atoms with van der Waals surface area (Å²) in [6, 6.07) is 5.38. The molecule has 2 rings (SSSR count). The molecule has 0 atom stereocenters. The highest BCUT2D eigenvalue weighted by molar-refractivity contribution is 9.10. The molecule has 0 aliphatic rings. The zero-order chi connectivity index (χ0) is 15.9. The van der Waals surface area contributed by atoms with Gasteiger partial charge < -0.3 is 0 Å². The maximum Gasteiger partial charge on any atom is 0.195 e. The summed E-state index contributed by atoms with van der Waals surface area (Å²) >= 11 is 9.61. The number of rotatable bonds is 2. The normalized spacial score (nSPS) is 10.8. The second-order valence-corrected chi connectivity index (χ2v) is 6.78. The molecule has 0 unspecified atom stereocenters. The Morgan fingerprint density at radius 3 is 1.86 bits per heavy atom. The number of benzene rings is 2. The van der Waals surface area contributed by atoms with Crippen LogP contribution in [-0.2, 0) is 0 Å². The van der Waals surface area contributed by atoms with Crippen molar-refractivity contribution in [1.82, 2.24) is 0 Å². The van der Waals surface area contributed by atoms with Crippen LogP contribution in [0.3, 0.4) is 0 Å². The topological polar surface area (TPSA) is 17.1 Å². The highest BCUT2D eigenvalue weighted by Gasteiger charge is 2.21. The fourth-order valence-electron chi connectivity index (χ4n) is 2.65. The average Bonchev–Trinajstić information content (AvgIpc) is 2.43. The summed E-state index contributed by atoms with van der Waals surface area (Å²) in [6.45, 7) is 10.3. The Bertz CT molecular complexity index is 718. The van der Waals surface area contributed by atoms with Crippen LogP contribution in [-0.4, -0.2) is 5.78 Å². The molecule has 0 amide bonds. The van der Waals surface area contributed by atoms with Gasteiger partial charge in [0.2, 0.25) is 0 Å². The van der Waals surface area contributed by atoms with Gasteiger partial charge in [-0.15, -0.1) is 0 Å². The maximum atomic E-state index is 12.9. The Morgan fingerprint density at radius 2 is 1.38 bits per heavy atom. The number of hydrogen-bond acceptors (Lipinski definition) is 1. The SMILES string of the molecule is Cc1c(C)c(C)c(C(=O)c2ccc(Br)cc2Cl)c(C)c1C. The van der Waals surface area contributed by atoms with Crippen LogP contribution in [0.25, 0.3) is 0 Å². The Balaban J connectivity index is 2.70. The van der Waals surface area contributed by atoms with E-state index in [1.165, 1.54) is 16.7 Å². The Labute approximate surface area is 139 Å². The summed E-state index contributed by atoms with van der Waals surface area (Å²) in [5.41, 5.74) is 7.01. The third-order valence-corrected chi connectivity index (χ3v) is 5.21. The van der Waals surface area contributed by atoms with Gasteiger partial charge in [0, 0.05) is 15.6 Å². The minimum atomic E-state index is -0.00583. The van der Waals surface area contributed by atoms with Crippen LogP contribution >= 0.6 is 27.5 Å². The van der Waals surface area contributed by atoms with Crippen molar-refractivity contribution in [2.75, 3.05) is 0 Å². The largest absolute Gasteiger partial charge is 0.289 e. The van der Waals surface area contributed by atoms with E-state index in [2.05, 4.69) is 36.7 Å². The second-order valence-electron chi connectivity index (χ2n) is 5.45. The molecule has 0 saturated heterocycles. The van der Waals surface area contributed by atoms with Crippen LogP contribution < -0.4 is 0 Å². The van der Waals surface area contributed by atoms with Gasteiger partial charge in [-0.25, -0.2) is 0 Å². The fraction of sp³-hybridized carbons (Fsp3) is 0.278. The van der Waals surface area contributed by atoms with Crippen molar-refractivity contribution < 1.29 is 4.79 Å². The van der Waals surface area contributed by atoms with Crippen LogP contribution in [0.4, 0.5) is 0 Å². The average molecular weight is 366 g/mol. The molecule has 0 radical (unpaired) electrons. The smallest absolute Gasteiger partial charge is 0.195 e. The molecule has 2 aromatic rings. The first kappa shape index (κ1) is 16.3. The molecule has 21 heavy (non-hydrogen) atoms. The third kappa shape index (κ3) is 2.79. The molecule has 110 valence electrons. The van der Waals surface area contributed by atoms with Gasteiger partial charge in [0.15, 0.2) is 5.78 Å². The minimum Gasteiger partial charge on any atom is -0.289 e. The molecule has 0 heterocycles. The predicted molar refractivity (Wildman–Crippen MR) is 92.7 cm³/mol. The van der Waals surface area contributed by atoms with Gasteiger partial charge in [-0.05, 0) is 80.6 Å². The molecule has 0 aliphatic carbocycles. The number of hydrogen-bond donors (Lipinski definition) is 0. The Morgan fingerprint density at radius 1 is 0.905 bits per heavy atom. The van der Waals surface area contributed by atoms with Gasteiger partial charge in [-0.3, -0.25) is 4.79 Å². The van der Waals surface area contributed by atoms with Gasteiger partial charge in [-0.1, -0.05) is 27.5 Å². The standard InChI is InChI=1S/C18H18BrClO/c1-9-10(2)12(4)17(13(5)11(9)3)18(21)15-7-6-14(19)8-16(15)20/h6-8H,1-5H3. The highest BCUT2D eigenvalue weighted by atomic mass is 79.9. The molecule has 0 saturated carbocycles. The quantitative estimate of drug-likeness (QED) is 0.608. The molecule has 0 spiro atoms. The van der Waals surface area contributed by atoms with Crippen LogP contribution in [0.5, 0.6) is 0 Å². The number of halogens is 2. The van der Waals surface area contributed by atoms with Gasteiger partial charge in [0.05, 0.1) is 5.02 Å². The summed E-state index contributed by atoms with van der Waals surface area (Å²) in [5, 5.41) is 0.476. The zero-order valence-electron chi connectivity index (χ0n) is 12.9. The van der Waals surface area contributed by atoms with Gasteiger partial charge in [0.25, 0.3) is 0 Å². The first-order valence-corrected chi connectivity index (χ1v) is 7.99. The van der Waals surface area contributed by atoms with Gasteiger partial charge in [0.1, 0.15) is 0 Å². The van der Waals surface area contributed by atoms with Crippen LogP contribution in [0.1, 0.15) is 43.7 Å². The lowest BCUT2D eigenvalue weighted by Crippen LogP contribution is -2.11. The molecule has 0 aromatic heterocycles. The molecule has 0 fully saturated rings. The summed E-state index contributed by atoms with van der Waals surface area (Å²) in [5.74, 6) is -0.00583.